The second kappa shape index (κ2) is 14.7. The van der Waals surface area contributed by atoms with Crippen molar-refractivity contribution in [2.45, 2.75) is 45.8 Å². The third kappa shape index (κ3) is 8.46. The number of imide groups is 1. The van der Waals surface area contributed by atoms with Crippen LogP contribution in [0.4, 0.5) is 13.2 Å². The molecule has 0 unspecified atom stereocenters. The second-order valence-corrected chi connectivity index (χ2v) is 12.1. The minimum Gasteiger partial charge on any atom is -0.331 e. The number of imidazole rings is 1. The molecule has 240 valence electrons. The van der Waals surface area contributed by atoms with E-state index in [9.17, 15) is 27.6 Å². The first-order valence-electron chi connectivity index (χ1n) is 14.8. The Kier molecular flexibility index (Phi) is 10.9. The molecule has 45 heavy (non-hydrogen) atoms. The number of carbonyl (C=O) groups is 3. The summed E-state index contributed by atoms with van der Waals surface area (Å²) in [5, 5.41) is 3.00. The molecular weight excluding hydrogens is 585 g/mol. The molecule has 9 nitrogen and oxygen atoms in total. The fraction of sp³-hybridized carbons (Fsp3) is 0.394. The highest BCUT2D eigenvalue weighted by atomic mass is 19.1. The third-order valence-electron chi connectivity index (χ3n) is 7.53. The zero-order valence-corrected chi connectivity index (χ0v) is 25.7. The van der Waals surface area contributed by atoms with E-state index in [0.29, 0.717) is 12.4 Å². The van der Waals surface area contributed by atoms with Gasteiger partial charge in [-0.2, -0.15) is 0 Å². The Morgan fingerprint density at radius 1 is 1.07 bits per heavy atom. The van der Waals surface area contributed by atoms with Crippen molar-refractivity contribution in [3.05, 3.63) is 89.9 Å². The number of nitrogens with zero attached hydrogens (tertiary/aromatic N) is 4. The van der Waals surface area contributed by atoms with E-state index in [1.54, 1.807) is 11.1 Å². The lowest BCUT2D eigenvalue weighted by Crippen LogP contribution is -2.48. The van der Waals surface area contributed by atoms with Crippen LogP contribution in [0.15, 0.2) is 66.9 Å². The van der Waals surface area contributed by atoms with Gasteiger partial charge in [0.15, 0.2) is 0 Å². The van der Waals surface area contributed by atoms with E-state index in [1.807, 2.05) is 55.7 Å². The molecule has 4 rings (SSSR count). The molecular formula is C33H39F3N6O3. The van der Waals surface area contributed by atoms with Crippen LogP contribution in [-0.4, -0.2) is 76.0 Å². The van der Waals surface area contributed by atoms with Crippen LogP contribution in [0.3, 0.4) is 0 Å². The van der Waals surface area contributed by atoms with Gasteiger partial charge in [0, 0.05) is 56.1 Å². The van der Waals surface area contributed by atoms with E-state index < -0.39 is 47.6 Å². The normalized spacial score (nSPS) is 14.7. The van der Waals surface area contributed by atoms with Gasteiger partial charge in [0.1, 0.15) is 24.1 Å². The Morgan fingerprint density at radius 3 is 2.40 bits per heavy atom. The van der Waals surface area contributed by atoms with Crippen LogP contribution in [-0.2, 0) is 20.9 Å². The highest BCUT2D eigenvalue weighted by Crippen LogP contribution is 2.39. The molecule has 1 aliphatic rings. The van der Waals surface area contributed by atoms with Crippen LogP contribution in [0.5, 0.6) is 0 Å². The lowest BCUT2D eigenvalue weighted by atomic mass is 9.84. The minimum atomic E-state index is -0.797. The zero-order chi connectivity index (χ0) is 32.7. The van der Waals surface area contributed by atoms with Gasteiger partial charge in [-0.3, -0.25) is 19.3 Å². The number of aromatic nitrogens is 2. The van der Waals surface area contributed by atoms with Gasteiger partial charge < -0.3 is 20.5 Å². The first-order valence-corrected chi connectivity index (χ1v) is 14.8. The molecule has 0 spiro atoms. The third-order valence-corrected chi connectivity index (χ3v) is 7.53. The molecule has 2 atom stereocenters. The van der Waals surface area contributed by atoms with E-state index in [1.165, 1.54) is 12.2 Å². The predicted octanol–water partition coefficient (Wildman–Crippen LogP) is 3.99. The van der Waals surface area contributed by atoms with Gasteiger partial charge >= 0.3 is 0 Å². The predicted molar refractivity (Wildman–Crippen MR) is 164 cm³/mol. The van der Waals surface area contributed by atoms with Crippen molar-refractivity contribution < 1.29 is 27.6 Å². The number of hydrogen-bond donors (Lipinski definition) is 2. The Balaban J connectivity index is 1.70. The minimum absolute atomic E-state index is 0.0183. The first kappa shape index (κ1) is 33.6. The molecule has 0 fully saturated rings. The molecule has 1 aliphatic heterocycles. The topological polar surface area (TPSA) is 114 Å². The van der Waals surface area contributed by atoms with Crippen LogP contribution in [0.2, 0.25) is 0 Å². The number of nitrogens with two attached hydrogens (primary N) is 1. The van der Waals surface area contributed by atoms with Crippen molar-refractivity contribution >= 4 is 17.7 Å². The van der Waals surface area contributed by atoms with Crippen molar-refractivity contribution in [3.63, 3.8) is 0 Å². The molecule has 3 aromatic rings. The Bertz CT molecular complexity index is 1520. The van der Waals surface area contributed by atoms with Crippen molar-refractivity contribution in [3.8, 4) is 11.3 Å². The summed E-state index contributed by atoms with van der Waals surface area (Å²) in [7, 11) is 0. The first-order chi connectivity index (χ1) is 21.4. The van der Waals surface area contributed by atoms with Crippen molar-refractivity contribution in [1.29, 1.82) is 0 Å². The van der Waals surface area contributed by atoms with E-state index in [2.05, 4.69) is 5.32 Å². The highest BCUT2D eigenvalue weighted by Gasteiger charge is 2.38. The number of nitrogens with one attached hydrogen (secondary N) is 1. The smallest absolute Gasteiger partial charge is 0.253 e. The van der Waals surface area contributed by atoms with E-state index >= 15 is 0 Å². The average molecular weight is 625 g/mol. The van der Waals surface area contributed by atoms with Gasteiger partial charge in [0.25, 0.3) is 11.8 Å². The summed E-state index contributed by atoms with van der Waals surface area (Å²) in [4.78, 5) is 45.1. The molecule has 0 radical (unpaired) electrons. The van der Waals surface area contributed by atoms with Crippen LogP contribution in [0, 0.1) is 17.0 Å². The number of alkyl halides is 1. The van der Waals surface area contributed by atoms with E-state index in [0.717, 1.165) is 28.7 Å². The van der Waals surface area contributed by atoms with Crippen LogP contribution in [0.25, 0.3) is 11.3 Å². The number of hydrogen-bond acceptors (Lipinski definition) is 6. The molecule has 3 N–H and O–H groups in total. The standard InChI is InChI=1S/C33H39F3N6O3/c1-33(2,3)31(42(15-13-24(37)18-34)30(45)19-38-14-16-41-28(43)11-12-29(41)44)32-39-27(25-17-23(35)9-10-26(25)36)21-40(32)20-22-7-5-4-6-8-22/h4-12,17,21,24,31,38H,13-16,18-20,37H2,1-3H3/t24-,31-/m0/s1. The summed E-state index contributed by atoms with van der Waals surface area (Å²) in [6.45, 7) is 5.58. The van der Waals surface area contributed by atoms with Gasteiger partial charge in [-0.05, 0) is 35.6 Å². The monoisotopic (exact) mass is 624 g/mol. The van der Waals surface area contributed by atoms with Crippen molar-refractivity contribution in [2.24, 2.45) is 11.1 Å². The van der Waals surface area contributed by atoms with E-state index in [4.69, 9.17) is 10.7 Å². The maximum Gasteiger partial charge on any atom is 0.253 e. The summed E-state index contributed by atoms with van der Waals surface area (Å²) in [5.41, 5.74) is 6.40. The molecule has 12 heteroatoms. The fourth-order valence-electron chi connectivity index (χ4n) is 5.29. The molecule has 1 aromatic heterocycles. The maximum atomic E-state index is 14.9. The SMILES string of the molecule is CC(C)(C)[C@H](c1nc(-c2cc(F)ccc2F)cn1Cc1ccccc1)N(CC[C@H](N)CF)C(=O)CNCCN1C(=O)C=CC1=O. The summed E-state index contributed by atoms with van der Waals surface area (Å²) >= 11 is 0. The molecule has 0 aliphatic carbocycles. The summed E-state index contributed by atoms with van der Waals surface area (Å²) in [6.07, 6.45) is 4.20. The molecule has 0 saturated carbocycles. The lowest BCUT2D eigenvalue weighted by molar-refractivity contribution is -0.136. The van der Waals surface area contributed by atoms with Gasteiger partial charge in [0.2, 0.25) is 5.91 Å². The summed E-state index contributed by atoms with van der Waals surface area (Å²) in [6, 6.07) is 11.2. The summed E-state index contributed by atoms with van der Waals surface area (Å²) < 4.78 is 44.4. The van der Waals surface area contributed by atoms with Crippen LogP contribution >= 0.6 is 0 Å². The second-order valence-electron chi connectivity index (χ2n) is 12.1. The van der Waals surface area contributed by atoms with E-state index in [-0.39, 0.29) is 49.8 Å². The number of amides is 3. The lowest BCUT2D eigenvalue weighted by Gasteiger charge is -2.40. The van der Waals surface area contributed by atoms with Crippen molar-refractivity contribution in [2.75, 3.05) is 32.9 Å². The van der Waals surface area contributed by atoms with Gasteiger partial charge in [0.05, 0.1) is 18.3 Å². The van der Waals surface area contributed by atoms with Crippen LogP contribution in [0.1, 0.15) is 44.6 Å². The van der Waals surface area contributed by atoms with Gasteiger partial charge in [-0.15, -0.1) is 0 Å². The molecule has 3 amide bonds. The number of carbonyl (C=O) groups excluding carboxylic acids is 3. The van der Waals surface area contributed by atoms with Gasteiger partial charge in [-0.1, -0.05) is 51.1 Å². The quantitative estimate of drug-likeness (QED) is 0.207. The molecule has 2 aromatic carbocycles. The molecule has 0 bridgehead atoms. The number of benzene rings is 2. The van der Waals surface area contributed by atoms with Crippen molar-refractivity contribution in [1.82, 2.24) is 24.7 Å². The Labute approximate surface area is 260 Å². The highest BCUT2D eigenvalue weighted by molar-refractivity contribution is 6.12. The number of rotatable bonds is 14. The molecule has 0 saturated heterocycles. The average Bonchev–Trinajstić information content (AvgIpc) is 3.55. The maximum absolute atomic E-state index is 14.9. The van der Waals surface area contributed by atoms with Crippen LogP contribution < -0.4 is 11.1 Å². The Morgan fingerprint density at radius 2 is 1.76 bits per heavy atom. The van der Waals surface area contributed by atoms with Gasteiger partial charge in [-0.25, -0.2) is 18.2 Å². The Hall–Kier alpha value is -4.29. The fourth-order valence-corrected chi connectivity index (χ4v) is 5.29. The largest absolute Gasteiger partial charge is 0.331 e. The summed E-state index contributed by atoms with van der Waals surface area (Å²) in [5.74, 6) is -2.00. The zero-order valence-electron chi connectivity index (χ0n) is 25.7. The molecule has 2 heterocycles. The number of halogens is 3.